The van der Waals surface area contributed by atoms with Crippen LogP contribution in [0, 0.1) is 10.1 Å². The molecule has 3 aromatic rings. The topological polar surface area (TPSA) is 116 Å². The fourth-order valence-corrected chi connectivity index (χ4v) is 4.42. The summed E-state index contributed by atoms with van der Waals surface area (Å²) in [6.45, 7) is 1.02. The smallest absolute Gasteiger partial charge is 0.271 e. The van der Waals surface area contributed by atoms with Crippen LogP contribution in [0.5, 0.6) is 0 Å². The number of rotatable bonds is 7. The molecule has 1 unspecified atom stereocenters. The van der Waals surface area contributed by atoms with Gasteiger partial charge in [0.25, 0.3) is 11.2 Å². The number of nitrogens with one attached hydrogen (secondary N) is 1. The molecule has 166 valence electrons. The molecule has 2 aromatic carbocycles. The van der Waals surface area contributed by atoms with Crippen molar-refractivity contribution >= 4 is 51.5 Å². The van der Waals surface area contributed by atoms with Gasteiger partial charge in [-0.3, -0.25) is 24.3 Å². The van der Waals surface area contributed by atoms with Crippen molar-refractivity contribution < 1.29 is 14.5 Å². The summed E-state index contributed by atoms with van der Waals surface area (Å²) in [5, 5.41) is 14.7. The number of amides is 1. The summed E-state index contributed by atoms with van der Waals surface area (Å²) in [6.07, 6.45) is 1.72. The predicted molar refractivity (Wildman–Crippen MR) is 122 cm³/mol. The van der Waals surface area contributed by atoms with Gasteiger partial charge in [0.15, 0.2) is 5.16 Å². The predicted octanol–water partition coefficient (Wildman–Crippen LogP) is 3.87. The molecule has 0 radical (unpaired) electrons. The van der Waals surface area contributed by atoms with Gasteiger partial charge in [0.2, 0.25) is 5.91 Å². The molecule has 9 nitrogen and oxygen atoms in total. The van der Waals surface area contributed by atoms with Gasteiger partial charge in [-0.2, -0.15) is 0 Å². The Bertz CT molecular complexity index is 1240. The summed E-state index contributed by atoms with van der Waals surface area (Å²) >= 11 is 7.16. The normalized spacial score (nSPS) is 15.7. The Labute approximate surface area is 191 Å². The third-order valence-corrected chi connectivity index (χ3v) is 6.31. The second-order valence-corrected chi connectivity index (χ2v) is 8.57. The van der Waals surface area contributed by atoms with Gasteiger partial charge in [0.1, 0.15) is 0 Å². The number of carbonyl (C=O) groups excluding carboxylic acids is 1. The number of hydrogen-bond acceptors (Lipinski definition) is 7. The van der Waals surface area contributed by atoms with Crippen LogP contribution >= 0.6 is 23.4 Å². The Morgan fingerprint density at radius 1 is 1.34 bits per heavy atom. The Kier molecular flexibility index (Phi) is 6.73. The highest BCUT2D eigenvalue weighted by atomic mass is 35.5. The third-order valence-electron chi connectivity index (χ3n) is 5.00. The van der Waals surface area contributed by atoms with Gasteiger partial charge < -0.3 is 10.1 Å². The minimum Gasteiger partial charge on any atom is -0.376 e. The number of para-hydroxylation sites is 1. The highest BCUT2D eigenvalue weighted by molar-refractivity contribution is 7.99. The van der Waals surface area contributed by atoms with Crippen molar-refractivity contribution in [2.24, 2.45) is 0 Å². The van der Waals surface area contributed by atoms with Gasteiger partial charge in [0.05, 0.1) is 44.9 Å². The number of non-ortho nitro benzene ring substituents is 1. The molecule has 1 aromatic heterocycles. The van der Waals surface area contributed by atoms with E-state index in [0.717, 1.165) is 24.6 Å². The molecule has 1 atom stereocenters. The summed E-state index contributed by atoms with van der Waals surface area (Å²) in [5.74, 6) is -0.488. The van der Waals surface area contributed by atoms with Gasteiger partial charge in [-0.25, -0.2) is 4.98 Å². The van der Waals surface area contributed by atoms with E-state index in [2.05, 4.69) is 10.3 Å². The summed E-state index contributed by atoms with van der Waals surface area (Å²) < 4.78 is 7.23. The fraction of sp³-hybridized carbons (Fsp3) is 0.286. The quantitative estimate of drug-likeness (QED) is 0.239. The number of nitrogens with zero attached hydrogens (tertiary/aromatic N) is 3. The van der Waals surface area contributed by atoms with Crippen molar-refractivity contribution in [1.82, 2.24) is 9.55 Å². The molecule has 0 saturated carbocycles. The van der Waals surface area contributed by atoms with Crippen LogP contribution in [0.1, 0.15) is 12.8 Å². The van der Waals surface area contributed by atoms with Crippen LogP contribution in [0.3, 0.4) is 0 Å². The summed E-state index contributed by atoms with van der Waals surface area (Å²) in [6, 6.07) is 10.9. The zero-order valence-electron chi connectivity index (χ0n) is 16.8. The zero-order valence-corrected chi connectivity index (χ0v) is 18.4. The van der Waals surface area contributed by atoms with E-state index in [4.69, 9.17) is 16.3 Å². The average molecular weight is 475 g/mol. The average Bonchev–Trinajstić information content (AvgIpc) is 3.29. The van der Waals surface area contributed by atoms with Gasteiger partial charge in [0, 0.05) is 18.7 Å². The molecule has 1 N–H and O–H groups in total. The minimum atomic E-state index is -0.566. The number of thioether (sulfide) groups is 1. The summed E-state index contributed by atoms with van der Waals surface area (Å²) in [5.41, 5.74) is 0.329. The second kappa shape index (κ2) is 9.68. The van der Waals surface area contributed by atoms with E-state index in [1.807, 2.05) is 0 Å². The van der Waals surface area contributed by atoms with Gasteiger partial charge >= 0.3 is 0 Å². The van der Waals surface area contributed by atoms with Gasteiger partial charge in [-0.05, 0) is 31.0 Å². The maximum absolute atomic E-state index is 13.1. The molecule has 0 spiro atoms. The van der Waals surface area contributed by atoms with Crippen LogP contribution in [-0.2, 0) is 16.1 Å². The van der Waals surface area contributed by atoms with Crippen molar-refractivity contribution in [1.29, 1.82) is 0 Å². The third kappa shape index (κ3) is 4.93. The first-order valence-corrected chi connectivity index (χ1v) is 11.3. The minimum absolute atomic E-state index is 0.0602. The Morgan fingerprint density at radius 3 is 2.91 bits per heavy atom. The van der Waals surface area contributed by atoms with E-state index in [0.29, 0.717) is 29.2 Å². The molecule has 1 amide bonds. The van der Waals surface area contributed by atoms with E-state index >= 15 is 0 Å². The number of halogens is 1. The van der Waals surface area contributed by atoms with E-state index in [-0.39, 0.29) is 33.8 Å². The van der Waals surface area contributed by atoms with Crippen molar-refractivity contribution in [3.05, 3.63) is 68.0 Å². The van der Waals surface area contributed by atoms with E-state index in [1.165, 1.54) is 18.2 Å². The first-order chi connectivity index (χ1) is 15.4. The lowest BCUT2D eigenvalue weighted by Crippen LogP contribution is -2.29. The molecule has 1 fully saturated rings. The molecule has 1 saturated heterocycles. The highest BCUT2D eigenvalue weighted by Crippen LogP contribution is 2.27. The van der Waals surface area contributed by atoms with Crippen molar-refractivity contribution in [2.45, 2.75) is 30.6 Å². The van der Waals surface area contributed by atoms with E-state index in [9.17, 15) is 19.7 Å². The van der Waals surface area contributed by atoms with Gasteiger partial charge in [-0.15, -0.1) is 0 Å². The number of carbonyl (C=O) groups is 1. The molecule has 1 aliphatic heterocycles. The second-order valence-electron chi connectivity index (χ2n) is 7.22. The van der Waals surface area contributed by atoms with Gasteiger partial charge in [-0.1, -0.05) is 35.5 Å². The monoisotopic (exact) mass is 474 g/mol. The maximum Gasteiger partial charge on any atom is 0.271 e. The molecule has 4 rings (SSSR count). The lowest BCUT2D eigenvalue weighted by atomic mass is 10.2. The lowest BCUT2D eigenvalue weighted by molar-refractivity contribution is -0.384. The van der Waals surface area contributed by atoms with Crippen LogP contribution in [0.15, 0.2) is 52.4 Å². The van der Waals surface area contributed by atoms with Crippen LogP contribution in [0.4, 0.5) is 11.4 Å². The van der Waals surface area contributed by atoms with Crippen molar-refractivity contribution in [3.8, 4) is 0 Å². The van der Waals surface area contributed by atoms with E-state index < -0.39 is 10.8 Å². The standard InChI is InChI=1S/C21H19ClN4O5S/c22-16-8-7-13(26(29)30)10-18(16)23-19(27)12-32-21-24-17-6-2-1-5-15(17)20(28)25(21)11-14-4-3-9-31-14/h1-2,5-8,10,14H,3-4,9,11-12H2,(H,23,27). The first kappa shape index (κ1) is 22.3. The molecule has 11 heteroatoms. The number of fused-ring (bicyclic) bond motifs is 1. The molecule has 32 heavy (non-hydrogen) atoms. The first-order valence-electron chi connectivity index (χ1n) is 9.90. The number of nitro groups is 1. The summed E-state index contributed by atoms with van der Waals surface area (Å²) in [4.78, 5) is 40.6. The molecule has 0 bridgehead atoms. The lowest BCUT2D eigenvalue weighted by Gasteiger charge is -2.16. The number of nitro benzene ring substituents is 1. The Morgan fingerprint density at radius 2 is 2.16 bits per heavy atom. The number of ether oxygens (including phenoxy) is 1. The number of hydrogen-bond donors (Lipinski definition) is 1. The molecular formula is C21H19ClN4O5S. The number of anilines is 1. The van der Waals surface area contributed by atoms with Crippen molar-refractivity contribution in [2.75, 3.05) is 17.7 Å². The maximum atomic E-state index is 13.1. The van der Waals surface area contributed by atoms with E-state index in [1.54, 1.807) is 28.8 Å². The highest BCUT2D eigenvalue weighted by Gasteiger charge is 2.21. The van der Waals surface area contributed by atoms with Crippen LogP contribution in [0.2, 0.25) is 5.02 Å². The zero-order chi connectivity index (χ0) is 22.7. The number of benzene rings is 2. The number of aromatic nitrogens is 2. The van der Waals surface area contributed by atoms with Crippen LogP contribution < -0.4 is 10.9 Å². The molecular weight excluding hydrogens is 456 g/mol. The van der Waals surface area contributed by atoms with Crippen LogP contribution in [0.25, 0.3) is 10.9 Å². The van der Waals surface area contributed by atoms with Crippen molar-refractivity contribution in [3.63, 3.8) is 0 Å². The summed E-state index contributed by atoms with van der Waals surface area (Å²) in [7, 11) is 0. The fourth-order valence-electron chi connectivity index (χ4n) is 3.45. The Balaban J connectivity index is 1.55. The molecule has 0 aliphatic carbocycles. The SMILES string of the molecule is O=C(CSc1nc2ccccc2c(=O)n1CC1CCCO1)Nc1cc([N+](=O)[O-])ccc1Cl. The Hall–Kier alpha value is -2.95. The largest absolute Gasteiger partial charge is 0.376 e. The molecule has 1 aliphatic rings. The molecule has 2 heterocycles. The van der Waals surface area contributed by atoms with Crippen LogP contribution in [-0.4, -0.2) is 38.8 Å².